The molecule has 1 unspecified atom stereocenters. The van der Waals surface area contributed by atoms with Crippen molar-refractivity contribution >= 4 is 11.6 Å². The summed E-state index contributed by atoms with van der Waals surface area (Å²) in [5.74, 6) is 0.665. The van der Waals surface area contributed by atoms with Gasteiger partial charge in [-0.15, -0.1) is 0 Å². The maximum atomic E-state index is 11.3. The van der Waals surface area contributed by atoms with Crippen LogP contribution < -0.4 is 15.4 Å². The Balaban J connectivity index is 2.18. The van der Waals surface area contributed by atoms with Gasteiger partial charge in [-0.2, -0.15) is 0 Å². The molecule has 1 heterocycles. The third-order valence-electron chi connectivity index (χ3n) is 3.09. The second-order valence-electron chi connectivity index (χ2n) is 4.51. The number of carbonyl (C=O) groups is 1. The lowest BCUT2D eigenvalue weighted by molar-refractivity contribution is -0.118. The lowest BCUT2D eigenvalue weighted by Crippen LogP contribution is -2.26. The number of hydrogen-bond acceptors (Lipinski definition) is 3. The van der Waals surface area contributed by atoms with E-state index in [9.17, 15) is 4.79 Å². The molecule has 4 heteroatoms. The summed E-state index contributed by atoms with van der Waals surface area (Å²) in [6.07, 6.45) is 2.13. The van der Waals surface area contributed by atoms with Crippen molar-refractivity contribution < 1.29 is 9.53 Å². The van der Waals surface area contributed by atoms with Gasteiger partial charge < -0.3 is 15.4 Å². The van der Waals surface area contributed by atoms with Gasteiger partial charge in [0.1, 0.15) is 5.75 Å². The van der Waals surface area contributed by atoms with Crippen LogP contribution in [-0.2, 0) is 4.79 Å². The van der Waals surface area contributed by atoms with Crippen molar-refractivity contribution in [2.75, 3.05) is 18.5 Å². The summed E-state index contributed by atoms with van der Waals surface area (Å²) in [6.45, 7) is 5.42. The van der Waals surface area contributed by atoms with Crippen LogP contribution in [0.2, 0.25) is 0 Å². The fourth-order valence-electron chi connectivity index (χ4n) is 2.13. The third-order valence-corrected chi connectivity index (χ3v) is 3.09. The van der Waals surface area contributed by atoms with Gasteiger partial charge in [0.25, 0.3) is 5.91 Å². The number of rotatable bonds is 5. The first kappa shape index (κ1) is 12.9. The number of anilines is 1. The Kier molecular flexibility index (Phi) is 4.20. The van der Waals surface area contributed by atoms with Gasteiger partial charge in [-0.3, -0.25) is 4.79 Å². The summed E-state index contributed by atoms with van der Waals surface area (Å²) in [4.78, 5) is 11.3. The van der Waals surface area contributed by atoms with Gasteiger partial charge in [0, 0.05) is 6.04 Å². The smallest absolute Gasteiger partial charge is 0.262 e. The molecule has 1 aromatic rings. The molecule has 0 bridgehead atoms. The zero-order valence-electron chi connectivity index (χ0n) is 11.0. The van der Waals surface area contributed by atoms with E-state index in [1.807, 2.05) is 12.1 Å². The average molecular weight is 248 g/mol. The highest BCUT2D eigenvalue weighted by Crippen LogP contribution is 2.31. The van der Waals surface area contributed by atoms with E-state index < -0.39 is 0 Å². The van der Waals surface area contributed by atoms with Crippen molar-refractivity contribution in [3.63, 3.8) is 0 Å². The van der Waals surface area contributed by atoms with Crippen LogP contribution in [0, 0.1) is 0 Å². The molecule has 0 aromatic heterocycles. The minimum absolute atomic E-state index is 0.0887. The zero-order chi connectivity index (χ0) is 13.0. The number of benzene rings is 1. The molecule has 0 fully saturated rings. The van der Waals surface area contributed by atoms with Crippen molar-refractivity contribution in [1.82, 2.24) is 5.32 Å². The Morgan fingerprint density at radius 3 is 3.00 bits per heavy atom. The van der Waals surface area contributed by atoms with E-state index in [4.69, 9.17) is 4.74 Å². The van der Waals surface area contributed by atoms with E-state index in [2.05, 4.69) is 30.5 Å². The Labute approximate surface area is 108 Å². The Morgan fingerprint density at radius 1 is 1.44 bits per heavy atom. The molecule has 0 saturated carbocycles. The molecule has 98 valence electrons. The number of fused-ring (bicyclic) bond motifs is 1. The van der Waals surface area contributed by atoms with Crippen LogP contribution in [0.25, 0.3) is 0 Å². The Hall–Kier alpha value is -1.55. The molecule has 4 nitrogen and oxygen atoms in total. The summed E-state index contributed by atoms with van der Waals surface area (Å²) in [5, 5.41) is 6.34. The molecule has 0 radical (unpaired) electrons. The number of nitrogens with one attached hydrogen (secondary N) is 2. The van der Waals surface area contributed by atoms with Crippen molar-refractivity contribution in [1.29, 1.82) is 0 Å². The normalized spacial score (nSPS) is 15.6. The fourth-order valence-corrected chi connectivity index (χ4v) is 2.13. The van der Waals surface area contributed by atoms with Gasteiger partial charge in [-0.25, -0.2) is 0 Å². The van der Waals surface area contributed by atoms with E-state index in [1.165, 1.54) is 5.56 Å². The Morgan fingerprint density at radius 2 is 2.28 bits per heavy atom. The van der Waals surface area contributed by atoms with Gasteiger partial charge in [0.15, 0.2) is 6.61 Å². The maximum absolute atomic E-state index is 11.3. The molecule has 2 N–H and O–H groups in total. The maximum Gasteiger partial charge on any atom is 0.262 e. The third kappa shape index (κ3) is 2.82. The lowest BCUT2D eigenvalue weighted by atomic mass is 10.0. The van der Waals surface area contributed by atoms with Crippen LogP contribution >= 0.6 is 0 Å². The van der Waals surface area contributed by atoms with E-state index in [-0.39, 0.29) is 12.5 Å². The highest BCUT2D eigenvalue weighted by atomic mass is 16.5. The van der Waals surface area contributed by atoms with Gasteiger partial charge in [-0.05, 0) is 37.1 Å². The quantitative estimate of drug-likeness (QED) is 0.841. The van der Waals surface area contributed by atoms with Crippen molar-refractivity contribution in [3.05, 3.63) is 23.8 Å². The van der Waals surface area contributed by atoms with E-state index >= 15 is 0 Å². The van der Waals surface area contributed by atoms with Gasteiger partial charge in [0.2, 0.25) is 0 Å². The molecule has 0 aliphatic carbocycles. The first-order valence-corrected chi connectivity index (χ1v) is 6.54. The second-order valence-corrected chi connectivity index (χ2v) is 4.51. The van der Waals surface area contributed by atoms with Crippen LogP contribution in [0.3, 0.4) is 0 Å². The number of hydrogen-bond donors (Lipinski definition) is 2. The van der Waals surface area contributed by atoms with Crippen molar-refractivity contribution in [3.8, 4) is 5.75 Å². The summed E-state index contributed by atoms with van der Waals surface area (Å²) >= 11 is 0. The first-order valence-electron chi connectivity index (χ1n) is 6.54. The van der Waals surface area contributed by atoms with Crippen molar-refractivity contribution in [2.24, 2.45) is 0 Å². The fraction of sp³-hybridized carbons (Fsp3) is 0.500. The summed E-state index contributed by atoms with van der Waals surface area (Å²) in [7, 11) is 0. The van der Waals surface area contributed by atoms with E-state index in [0.29, 0.717) is 6.04 Å². The molecule has 0 spiro atoms. The largest absolute Gasteiger partial charge is 0.482 e. The Bertz CT molecular complexity index is 432. The molecule has 1 atom stereocenters. The topological polar surface area (TPSA) is 50.4 Å². The SMILES string of the molecule is CCCNC(CC)c1ccc2c(c1)NC(=O)CO2. The molecule has 2 rings (SSSR count). The highest BCUT2D eigenvalue weighted by Gasteiger charge is 2.17. The van der Waals surface area contributed by atoms with Gasteiger partial charge in [0.05, 0.1) is 5.69 Å². The minimum atomic E-state index is -0.0887. The van der Waals surface area contributed by atoms with Crippen LogP contribution in [0.4, 0.5) is 5.69 Å². The molecule has 18 heavy (non-hydrogen) atoms. The highest BCUT2D eigenvalue weighted by molar-refractivity contribution is 5.95. The summed E-state index contributed by atoms with van der Waals surface area (Å²) in [6, 6.07) is 6.32. The zero-order valence-corrected chi connectivity index (χ0v) is 11.0. The molecule has 1 aliphatic rings. The van der Waals surface area contributed by atoms with Crippen LogP contribution in [0.15, 0.2) is 18.2 Å². The summed E-state index contributed by atoms with van der Waals surface area (Å²) in [5.41, 5.74) is 1.97. The molecule has 1 aliphatic heterocycles. The monoisotopic (exact) mass is 248 g/mol. The molecule has 1 aromatic carbocycles. The standard InChI is InChI=1S/C14H20N2O2/c1-3-7-15-11(4-2)10-5-6-13-12(8-10)16-14(17)9-18-13/h5-6,8,11,15H,3-4,7,9H2,1-2H3,(H,16,17). The van der Waals surface area contributed by atoms with Gasteiger partial charge in [-0.1, -0.05) is 19.9 Å². The van der Waals surface area contributed by atoms with Crippen LogP contribution in [0.1, 0.15) is 38.3 Å². The number of carbonyl (C=O) groups excluding carboxylic acids is 1. The van der Waals surface area contributed by atoms with Crippen molar-refractivity contribution in [2.45, 2.75) is 32.7 Å². The second kappa shape index (κ2) is 5.87. The van der Waals surface area contributed by atoms with E-state index in [1.54, 1.807) is 0 Å². The van der Waals surface area contributed by atoms with Crippen LogP contribution in [0.5, 0.6) is 5.75 Å². The molecule has 1 amide bonds. The predicted octanol–water partition coefficient (Wildman–Crippen LogP) is 2.47. The van der Waals surface area contributed by atoms with Gasteiger partial charge >= 0.3 is 0 Å². The molecular formula is C14H20N2O2. The molecule has 0 saturated heterocycles. The minimum Gasteiger partial charge on any atom is -0.482 e. The predicted molar refractivity (Wildman–Crippen MR) is 71.9 cm³/mol. The van der Waals surface area contributed by atoms with Crippen LogP contribution in [-0.4, -0.2) is 19.1 Å². The number of amides is 1. The number of ether oxygens (including phenoxy) is 1. The average Bonchev–Trinajstić information content (AvgIpc) is 2.39. The van der Waals surface area contributed by atoms with E-state index in [0.717, 1.165) is 30.8 Å². The lowest BCUT2D eigenvalue weighted by Gasteiger charge is -2.22. The summed E-state index contributed by atoms with van der Waals surface area (Å²) < 4.78 is 5.35. The first-order chi connectivity index (χ1) is 8.74. The molecular weight excluding hydrogens is 228 g/mol.